The van der Waals surface area contributed by atoms with Gasteiger partial charge in [-0.3, -0.25) is 9.59 Å². The fraction of sp³-hybridized carbons (Fsp3) is 0.150. The van der Waals surface area contributed by atoms with Gasteiger partial charge >= 0.3 is 0 Å². The summed E-state index contributed by atoms with van der Waals surface area (Å²) < 4.78 is 2.61. The number of nitrogens with zero attached hydrogens (tertiary/aromatic N) is 2. The molecule has 1 atom stereocenters. The van der Waals surface area contributed by atoms with Crippen molar-refractivity contribution in [2.45, 2.75) is 19.3 Å². The zero-order valence-electron chi connectivity index (χ0n) is 14.6. The van der Waals surface area contributed by atoms with E-state index in [1.54, 1.807) is 4.68 Å². The average Bonchev–Trinajstić information content (AvgIpc) is 3.01. The van der Waals surface area contributed by atoms with Crippen molar-refractivity contribution in [2.24, 2.45) is 0 Å². The van der Waals surface area contributed by atoms with Gasteiger partial charge in [-0.15, -0.1) is 0 Å². The van der Waals surface area contributed by atoms with Crippen LogP contribution < -0.4 is 10.6 Å². The number of para-hydroxylation sites is 1. The molecule has 2 heterocycles. The molecule has 27 heavy (non-hydrogen) atoms. The van der Waals surface area contributed by atoms with Crippen LogP contribution in [0.2, 0.25) is 0 Å². The molecule has 0 bridgehead atoms. The van der Waals surface area contributed by atoms with Crippen LogP contribution in [0, 0.1) is 6.92 Å². The number of carbonyl (C=O) groups is 2. The molecule has 0 radical (unpaired) electrons. The van der Waals surface area contributed by atoms with E-state index < -0.39 is 5.92 Å². The topological polar surface area (TPSA) is 76.0 Å². The standard InChI is InChI=1S/C20H17BrN4O2/c1-12-9-18(25(24-12)14-6-4-5-13(21)10-14)23-20(27)16-11-19(26)22-17-8-3-2-7-15(16)17/h2-10,16H,11H2,1H3,(H,22,26)(H,23,27). The predicted molar refractivity (Wildman–Crippen MR) is 107 cm³/mol. The van der Waals surface area contributed by atoms with Crippen molar-refractivity contribution in [3.63, 3.8) is 0 Å². The number of fused-ring (bicyclic) bond motifs is 1. The van der Waals surface area contributed by atoms with Gasteiger partial charge < -0.3 is 10.6 Å². The number of hydrogen-bond donors (Lipinski definition) is 2. The third kappa shape index (κ3) is 3.50. The third-order valence-electron chi connectivity index (χ3n) is 4.45. The van der Waals surface area contributed by atoms with Gasteiger partial charge in [-0.2, -0.15) is 5.10 Å². The highest BCUT2D eigenvalue weighted by atomic mass is 79.9. The Morgan fingerprint density at radius 3 is 2.85 bits per heavy atom. The molecule has 1 aliphatic rings. The normalized spacial score (nSPS) is 15.8. The molecule has 0 saturated carbocycles. The van der Waals surface area contributed by atoms with E-state index in [1.165, 1.54) is 0 Å². The van der Waals surface area contributed by atoms with Crippen molar-refractivity contribution >= 4 is 39.2 Å². The molecule has 6 nitrogen and oxygen atoms in total. The van der Waals surface area contributed by atoms with Crippen LogP contribution in [0.4, 0.5) is 11.5 Å². The van der Waals surface area contributed by atoms with E-state index in [1.807, 2.05) is 61.5 Å². The second-order valence-electron chi connectivity index (χ2n) is 6.44. The van der Waals surface area contributed by atoms with Gasteiger partial charge in [0.1, 0.15) is 5.82 Å². The van der Waals surface area contributed by atoms with E-state index >= 15 is 0 Å². The van der Waals surface area contributed by atoms with Gasteiger partial charge in [-0.05, 0) is 36.8 Å². The molecule has 1 unspecified atom stereocenters. The lowest BCUT2D eigenvalue weighted by atomic mass is 9.90. The molecule has 0 fully saturated rings. The number of carbonyl (C=O) groups excluding carboxylic acids is 2. The van der Waals surface area contributed by atoms with E-state index in [2.05, 4.69) is 31.7 Å². The molecule has 0 aliphatic carbocycles. The summed E-state index contributed by atoms with van der Waals surface area (Å²) in [7, 11) is 0. The molecule has 1 aliphatic heterocycles. The smallest absolute Gasteiger partial charge is 0.233 e. The molecule has 2 amide bonds. The molecular formula is C20H17BrN4O2. The zero-order chi connectivity index (χ0) is 19.0. The number of nitrogens with one attached hydrogen (secondary N) is 2. The minimum absolute atomic E-state index is 0.118. The summed E-state index contributed by atoms with van der Waals surface area (Å²) in [5.74, 6) is -0.362. The Kier molecular flexibility index (Phi) is 4.53. The van der Waals surface area contributed by atoms with Crippen LogP contribution in [-0.2, 0) is 9.59 Å². The molecule has 4 rings (SSSR count). The van der Waals surface area contributed by atoms with Crippen molar-refractivity contribution in [3.8, 4) is 5.69 Å². The Morgan fingerprint density at radius 2 is 2.04 bits per heavy atom. The molecule has 2 N–H and O–H groups in total. The summed E-state index contributed by atoms with van der Waals surface area (Å²) >= 11 is 3.46. The summed E-state index contributed by atoms with van der Waals surface area (Å²) in [6, 6.07) is 16.9. The highest BCUT2D eigenvalue weighted by Gasteiger charge is 2.31. The number of aryl methyl sites for hydroxylation is 1. The Hall–Kier alpha value is -2.93. The summed E-state index contributed by atoms with van der Waals surface area (Å²) in [5, 5.41) is 10.2. The van der Waals surface area contributed by atoms with E-state index in [-0.39, 0.29) is 18.2 Å². The van der Waals surface area contributed by atoms with Crippen molar-refractivity contribution in [2.75, 3.05) is 10.6 Å². The maximum Gasteiger partial charge on any atom is 0.233 e. The summed E-state index contributed by atoms with van der Waals surface area (Å²) in [5.41, 5.74) is 3.12. The van der Waals surface area contributed by atoms with Gasteiger partial charge in [0.15, 0.2) is 0 Å². The summed E-state index contributed by atoms with van der Waals surface area (Å²) in [4.78, 5) is 25.0. The van der Waals surface area contributed by atoms with Gasteiger partial charge in [-0.25, -0.2) is 4.68 Å². The van der Waals surface area contributed by atoms with E-state index in [0.29, 0.717) is 11.5 Å². The second kappa shape index (κ2) is 7.00. The molecule has 0 saturated heterocycles. The zero-order valence-corrected chi connectivity index (χ0v) is 16.2. The molecule has 1 aromatic heterocycles. The lowest BCUT2D eigenvalue weighted by Crippen LogP contribution is -2.31. The number of hydrogen-bond acceptors (Lipinski definition) is 3. The maximum atomic E-state index is 13.0. The van der Waals surface area contributed by atoms with Crippen LogP contribution in [0.3, 0.4) is 0 Å². The number of rotatable bonds is 3. The Labute approximate surface area is 164 Å². The van der Waals surface area contributed by atoms with Crippen molar-refractivity contribution in [1.29, 1.82) is 0 Å². The van der Waals surface area contributed by atoms with Crippen molar-refractivity contribution < 1.29 is 9.59 Å². The van der Waals surface area contributed by atoms with Gasteiger partial charge in [0, 0.05) is 22.6 Å². The number of anilines is 2. The molecule has 7 heteroatoms. The highest BCUT2D eigenvalue weighted by molar-refractivity contribution is 9.10. The molecule has 0 spiro atoms. The lowest BCUT2D eigenvalue weighted by molar-refractivity contribution is -0.123. The molecule has 3 aromatic rings. The summed E-state index contributed by atoms with van der Waals surface area (Å²) in [6.07, 6.45) is 0.118. The van der Waals surface area contributed by atoms with Gasteiger partial charge in [0.05, 0.1) is 17.3 Å². The van der Waals surface area contributed by atoms with Gasteiger partial charge in [0.25, 0.3) is 0 Å². The van der Waals surface area contributed by atoms with Crippen LogP contribution in [0.1, 0.15) is 23.6 Å². The van der Waals surface area contributed by atoms with E-state index in [9.17, 15) is 9.59 Å². The Bertz CT molecular complexity index is 1040. The minimum Gasteiger partial charge on any atom is -0.326 e. The predicted octanol–water partition coefficient (Wildman–Crippen LogP) is 4.01. The van der Waals surface area contributed by atoms with Crippen molar-refractivity contribution in [1.82, 2.24) is 9.78 Å². The van der Waals surface area contributed by atoms with Crippen LogP contribution in [0.5, 0.6) is 0 Å². The number of benzene rings is 2. The molecule has 2 aromatic carbocycles. The number of halogens is 1. The van der Waals surface area contributed by atoms with Crippen molar-refractivity contribution in [3.05, 3.63) is 70.3 Å². The Balaban J connectivity index is 1.66. The highest BCUT2D eigenvalue weighted by Crippen LogP contribution is 2.33. The average molecular weight is 425 g/mol. The third-order valence-corrected chi connectivity index (χ3v) is 4.95. The van der Waals surface area contributed by atoms with Gasteiger partial charge in [0.2, 0.25) is 11.8 Å². The lowest BCUT2D eigenvalue weighted by Gasteiger charge is -2.24. The van der Waals surface area contributed by atoms with E-state index in [4.69, 9.17) is 0 Å². The van der Waals surface area contributed by atoms with Gasteiger partial charge in [-0.1, -0.05) is 40.2 Å². The fourth-order valence-corrected chi connectivity index (χ4v) is 3.64. The first-order chi connectivity index (χ1) is 13.0. The monoisotopic (exact) mass is 424 g/mol. The molecular weight excluding hydrogens is 408 g/mol. The first-order valence-corrected chi connectivity index (χ1v) is 9.33. The van der Waals surface area contributed by atoms with Crippen LogP contribution in [-0.4, -0.2) is 21.6 Å². The SMILES string of the molecule is Cc1cc(NC(=O)C2CC(=O)Nc3ccccc32)n(-c2cccc(Br)c2)n1. The maximum absolute atomic E-state index is 13.0. The number of aromatic nitrogens is 2. The van der Waals surface area contributed by atoms with Crippen LogP contribution in [0.25, 0.3) is 5.69 Å². The fourth-order valence-electron chi connectivity index (χ4n) is 3.25. The first-order valence-electron chi connectivity index (χ1n) is 8.53. The minimum atomic E-state index is -0.541. The Morgan fingerprint density at radius 1 is 1.22 bits per heavy atom. The van der Waals surface area contributed by atoms with E-state index in [0.717, 1.165) is 21.4 Å². The second-order valence-corrected chi connectivity index (χ2v) is 7.36. The largest absolute Gasteiger partial charge is 0.326 e. The molecule has 136 valence electrons. The first kappa shape index (κ1) is 17.5. The van der Waals surface area contributed by atoms with Crippen LogP contribution in [0.15, 0.2) is 59.1 Å². The summed E-state index contributed by atoms with van der Waals surface area (Å²) in [6.45, 7) is 1.87. The quantitative estimate of drug-likeness (QED) is 0.666. The number of amides is 2. The van der Waals surface area contributed by atoms with Crippen LogP contribution >= 0.6 is 15.9 Å².